The van der Waals surface area contributed by atoms with Crippen LogP contribution in [0.1, 0.15) is 22.3 Å². The third kappa shape index (κ3) is 4.49. The second-order valence-corrected chi connectivity index (χ2v) is 16.3. The molecule has 0 saturated heterocycles. The number of rotatable bonds is 3. The molecule has 0 aromatic heterocycles. The summed E-state index contributed by atoms with van der Waals surface area (Å²) in [5.74, 6) is 0. The predicted octanol–water partition coefficient (Wildman–Crippen LogP) is 15.6. The van der Waals surface area contributed by atoms with Gasteiger partial charge in [-0.05, 0) is 157 Å². The molecule has 0 heteroatoms. The van der Waals surface area contributed by atoms with Crippen molar-refractivity contribution in [1.82, 2.24) is 0 Å². The fourth-order valence-corrected chi connectivity index (χ4v) is 11.0. The maximum atomic E-state index is 2.53. The number of hydrogen-bond acceptors (Lipinski definition) is 0. The predicted molar refractivity (Wildman–Crippen MR) is 249 cm³/mol. The largest absolute Gasteiger partial charge is 0.0725 e. The van der Waals surface area contributed by atoms with Crippen LogP contribution in [0.2, 0.25) is 0 Å². The van der Waals surface area contributed by atoms with Gasteiger partial charge in [0.05, 0.1) is 5.41 Å². The summed E-state index contributed by atoms with van der Waals surface area (Å²) in [5.41, 5.74) is 17.9. The fraction of sp³-hybridized carbons (Fsp3) is 0.0169. The van der Waals surface area contributed by atoms with Crippen LogP contribution in [0.15, 0.2) is 218 Å². The molecular formula is C59H36. The lowest BCUT2D eigenvalue weighted by atomic mass is 9.70. The first-order valence-electron chi connectivity index (χ1n) is 20.7. The van der Waals surface area contributed by atoms with Crippen LogP contribution in [-0.4, -0.2) is 0 Å². The molecule has 0 unspecified atom stereocenters. The van der Waals surface area contributed by atoms with Crippen LogP contribution in [-0.2, 0) is 5.41 Å². The van der Waals surface area contributed by atoms with Crippen molar-refractivity contribution >= 4 is 43.1 Å². The maximum absolute atomic E-state index is 2.53. The minimum Gasteiger partial charge on any atom is -0.0622 e. The minimum absolute atomic E-state index is 0.415. The van der Waals surface area contributed by atoms with E-state index in [0.717, 1.165) is 0 Å². The molecule has 0 saturated carbocycles. The lowest BCUT2D eigenvalue weighted by molar-refractivity contribution is 0.796. The van der Waals surface area contributed by atoms with Crippen molar-refractivity contribution < 1.29 is 0 Å². The molecule has 272 valence electrons. The molecule has 2 aliphatic carbocycles. The lowest BCUT2D eigenvalue weighted by Gasteiger charge is -2.30. The van der Waals surface area contributed by atoms with Gasteiger partial charge >= 0.3 is 0 Å². The topological polar surface area (TPSA) is 0 Å². The summed E-state index contributed by atoms with van der Waals surface area (Å²) in [5, 5.41) is 10.1. The Labute approximate surface area is 343 Å². The van der Waals surface area contributed by atoms with Crippen LogP contribution < -0.4 is 0 Å². The third-order valence-corrected chi connectivity index (χ3v) is 13.4. The fourth-order valence-electron chi connectivity index (χ4n) is 11.0. The Bertz CT molecular complexity index is 3450. The summed E-state index contributed by atoms with van der Waals surface area (Å²) >= 11 is 0. The quantitative estimate of drug-likeness (QED) is 0.158. The molecule has 1 spiro atoms. The van der Waals surface area contributed by atoms with Gasteiger partial charge < -0.3 is 0 Å². The van der Waals surface area contributed by atoms with Crippen LogP contribution in [0.3, 0.4) is 0 Å². The van der Waals surface area contributed by atoms with E-state index in [1.807, 2.05) is 0 Å². The van der Waals surface area contributed by atoms with Gasteiger partial charge in [0.1, 0.15) is 0 Å². The van der Waals surface area contributed by atoms with E-state index in [4.69, 9.17) is 0 Å². The summed E-state index contributed by atoms with van der Waals surface area (Å²) in [6, 6.07) is 81.9. The van der Waals surface area contributed by atoms with E-state index in [0.29, 0.717) is 0 Å². The van der Waals surface area contributed by atoms with E-state index in [2.05, 4.69) is 218 Å². The summed E-state index contributed by atoms with van der Waals surface area (Å²) in [6.45, 7) is 0. The first-order valence-corrected chi connectivity index (χ1v) is 20.7. The van der Waals surface area contributed by atoms with E-state index in [9.17, 15) is 0 Å². The average molecular weight is 745 g/mol. The van der Waals surface area contributed by atoms with Gasteiger partial charge in [-0.1, -0.05) is 182 Å². The van der Waals surface area contributed by atoms with Gasteiger partial charge in [0.2, 0.25) is 0 Å². The zero-order chi connectivity index (χ0) is 38.7. The molecule has 2 aliphatic rings. The van der Waals surface area contributed by atoms with Gasteiger partial charge in [-0.2, -0.15) is 0 Å². The Kier molecular flexibility index (Phi) is 6.74. The highest BCUT2D eigenvalue weighted by Gasteiger charge is 2.51. The molecule has 0 bridgehead atoms. The highest BCUT2D eigenvalue weighted by Crippen LogP contribution is 2.63. The molecule has 0 atom stereocenters. The first kappa shape index (κ1) is 32.5. The van der Waals surface area contributed by atoms with Crippen molar-refractivity contribution in [3.8, 4) is 55.6 Å². The Hall–Kier alpha value is -7.54. The Morgan fingerprint density at radius 3 is 1.27 bits per heavy atom. The SMILES string of the molecule is c1ccc(-c2cccc(-c3c4ccccc4c(-c4ccc5cc6c(cc5c4)C4(c5ccccc5-c5ccccc54)c4cc5ccccc5cc4-6)c4ccccc34)c2)cc1. The van der Waals surface area contributed by atoms with Crippen molar-refractivity contribution in [3.05, 3.63) is 241 Å². The molecule has 59 heavy (non-hydrogen) atoms. The van der Waals surface area contributed by atoms with E-state index < -0.39 is 5.41 Å². The van der Waals surface area contributed by atoms with E-state index >= 15 is 0 Å². The molecule has 13 rings (SSSR count). The van der Waals surface area contributed by atoms with Crippen molar-refractivity contribution in [2.75, 3.05) is 0 Å². The smallest absolute Gasteiger partial charge is 0.0622 e. The van der Waals surface area contributed by atoms with E-state index in [1.165, 1.54) is 121 Å². The Balaban J connectivity index is 1.07. The molecule has 0 nitrogen and oxygen atoms in total. The minimum atomic E-state index is -0.415. The number of hydrogen-bond donors (Lipinski definition) is 0. The highest BCUT2D eigenvalue weighted by atomic mass is 14.5. The van der Waals surface area contributed by atoms with Crippen molar-refractivity contribution in [2.45, 2.75) is 5.41 Å². The monoisotopic (exact) mass is 744 g/mol. The van der Waals surface area contributed by atoms with Crippen LogP contribution in [0.25, 0.3) is 98.7 Å². The summed E-state index contributed by atoms with van der Waals surface area (Å²) in [4.78, 5) is 0. The number of benzene rings is 11. The molecular weight excluding hydrogens is 709 g/mol. The molecule has 11 aromatic rings. The van der Waals surface area contributed by atoms with Gasteiger partial charge in [0, 0.05) is 0 Å². The molecule has 0 N–H and O–H groups in total. The average Bonchev–Trinajstić information content (AvgIpc) is 3.75. The second-order valence-electron chi connectivity index (χ2n) is 16.3. The van der Waals surface area contributed by atoms with Crippen LogP contribution in [0, 0.1) is 0 Å². The molecule has 0 amide bonds. The Morgan fingerprint density at radius 1 is 0.220 bits per heavy atom. The van der Waals surface area contributed by atoms with Crippen molar-refractivity contribution in [1.29, 1.82) is 0 Å². The van der Waals surface area contributed by atoms with Gasteiger partial charge in [-0.15, -0.1) is 0 Å². The van der Waals surface area contributed by atoms with E-state index in [1.54, 1.807) is 0 Å². The van der Waals surface area contributed by atoms with Crippen LogP contribution in [0.4, 0.5) is 0 Å². The Morgan fingerprint density at radius 2 is 0.661 bits per heavy atom. The van der Waals surface area contributed by atoms with E-state index in [-0.39, 0.29) is 0 Å². The van der Waals surface area contributed by atoms with Gasteiger partial charge in [-0.25, -0.2) is 0 Å². The zero-order valence-electron chi connectivity index (χ0n) is 32.3. The molecule has 0 fully saturated rings. The van der Waals surface area contributed by atoms with Gasteiger partial charge in [0.15, 0.2) is 0 Å². The zero-order valence-corrected chi connectivity index (χ0v) is 32.3. The van der Waals surface area contributed by atoms with Crippen LogP contribution >= 0.6 is 0 Å². The van der Waals surface area contributed by atoms with Crippen LogP contribution in [0.5, 0.6) is 0 Å². The molecule has 0 aliphatic heterocycles. The summed E-state index contributed by atoms with van der Waals surface area (Å²) in [7, 11) is 0. The molecule has 11 aromatic carbocycles. The summed E-state index contributed by atoms with van der Waals surface area (Å²) < 4.78 is 0. The van der Waals surface area contributed by atoms with Crippen molar-refractivity contribution in [2.24, 2.45) is 0 Å². The summed E-state index contributed by atoms with van der Waals surface area (Å²) in [6.07, 6.45) is 0. The normalized spacial score (nSPS) is 13.2. The van der Waals surface area contributed by atoms with Gasteiger partial charge in [-0.3, -0.25) is 0 Å². The maximum Gasteiger partial charge on any atom is 0.0725 e. The molecule has 0 radical (unpaired) electrons. The number of fused-ring (bicyclic) bond motifs is 14. The third-order valence-electron chi connectivity index (χ3n) is 13.4. The second kappa shape index (κ2) is 12.2. The lowest BCUT2D eigenvalue weighted by Crippen LogP contribution is -2.25. The highest BCUT2D eigenvalue weighted by molar-refractivity contribution is 6.22. The molecule has 0 heterocycles. The van der Waals surface area contributed by atoms with Gasteiger partial charge in [0.25, 0.3) is 0 Å². The van der Waals surface area contributed by atoms with Crippen molar-refractivity contribution in [3.63, 3.8) is 0 Å². The first-order chi connectivity index (χ1) is 29.3. The standard InChI is InChI=1S/C59H36/c1-2-15-37(16-3-1)38-19-14-20-42(31-38)57-47-23-6-8-25-49(47)58(50-26-9-7-24-48(50)57)43-30-29-41-34-52-51-33-39-17-4-5-18-40(39)35-55(51)59(56(52)36-44(41)32-43)53-27-12-10-21-45(53)46-22-11-13-28-54(46)59/h1-36H.